The van der Waals surface area contributed by atoms with E-state index >= 15 is 0 Å². The van der Waals surface area contributed by atoms with Gasteiger partial charge in [-0.05, 0) is 245 Å². The number of carbonyl (C=O) groups is 4. The number of halogens is 12. The molecule has 0 spiro atoms. The standard InChI is InChI=1S/C23H37F3O3.C12H19F3O.C10H15F3OS.C10H17F3O.3C7H14O2/c1-5-21(2,3)20(27)29-19-16-12-8-6-10-14(16)18(22(4,28)23(24,25)26)15-11-7-9-13-17(15)19;1-11(16,12(13,14)15)7-10-6-8-2-4-9(10)5-3-8;1-9(14,10(11,12)13)5-6-4-7-2-3-8(6)15-7;1-9(14,10(11,12)13)7-8-5-3-2-4-6-8;3*1-5-7(2,3)6(8)9-4/h14-19,28H,5-13H2,1-4H3;8-10,16H,2-7H2,1H3;6-8,14H,2-5H2,1H3;8,14H,2-7H2,1H3;3*5H2,1-4H3. The van der Waals surface area contributed by atoms with E-state index in [1.807, 2.05) is 94.8 Å². The molecular formula is C76H130F12O12S. The van der Waals surface area contributed by atoms with Gasteiger partial charge in [-0.2, -0.15) is 64.4 Å². The van der Waals surface area contributed by atoms with Gasteiger partial charge in [0.2, 0.25) is 0 Å². The van der Waals surface area contributed by atoms with Crippen molar-refractivity contribution in [3.8, 4) is 0 Å². The third-order valence-electron chi connectivity index (χ3n) is 24.3. The smallest absolute Gasteiger partial charge is 0.417 e. The lowest BCUT2D eigenvalue weighted by Gasteiger charge is -2.58. The van der Waals surface area contributed by atoms with Gasteiger partial charge >= 0.3 is 48.6 Å². The van der Waals surface area contributed by atoms with Crippen LogP contribution in [-0.4, -0.2) is 129 Å². The maximum absolute atomic E-state index is 13.9. The SMILES string of the molecule is CC(O)(CC1CC2CCC1CC2)C(F)(F)F.CC(O)(CC1CC2CCC1S2)C(F)(F)F.CC(O)(CC1CCCCC1)C(F)(F)F.CCC(C)(C)C(=O)OC.CCC(C)(C)C(=O)OC.CCC(C)(C)C(=O)OC.CCC(C)(C)C(=O)OC1C2CCCCC2C(C(C)(O)C(F)(F)F)C2CCCCC21. The summed E-state index contributed by atoms with van der Waals surface area (Å²) in [7, 11) is 4.25. The van der Waals surface area contributed by atoms with Crippen LogP contribution in [-0.2, 0) is 38.1 Å². The topological polar surface area (TPSA) is 186 Å². The van der Waals surface area contributed by atoms with Crippen molar-refractivity contribution < 1.29 is 111 Å². The van der Waals surface area contributed by atoms with Crippen molar-refractivity contribution in [1.82, 2.24) is 0 Å². The zero-order chi connectivity index (χ0) is 78.1. The van der Waals surface area contributed by atoms with Crippen molar-refractivity contribution >= 4 is 35.6 Å². The number of ether oxygens (including phenoxy) is 4. The van der Waals surface area contributed by atoms with Crippen LogP contribution < -0.4 is 0 Å². The zero-order valence-electron chi connectivity index (χ0n) is 64.3. The summed E-state index contributed by atoms with van der Waals surface area (Å²) in [5.74, 6) is -0.929. The van der Waals surface area contributed by atoms with Gasteiger partial charge < -0.3 is 39.4 Å². The van der Waals surface area contributed by atoms with Crippen LogP contribution in [0.3, 0.4) is 0 Å². The van der Waals surface area contributed by atoms with E-state index in [0.29, 0.717) is 41.6 Å². The molecule has 0 aromatic rings. The van der Waals surface area contributed by atoms with Gasteiger partial charge in [0.25, 0.3) is 0 Å². The number of esters is 4. The number of hydrogen-bond acceptors (Lipinski definition) is 13. The lowest BCUT2D eigenvalue weighted by Crippen LogP contribution is -2.63. The monoisotopic (exact) mass is 1490 g/mol. The Labute approximate surface area is 600 Å². The minimum absolute atomic E-state index is 0.0420. The lowest BCUT2D eigenvalue weighted by atomic mass is 9.50. The van der Waals surface area contributed by atoms with E-state index in [1.165, 1.54) is 34.2 Å². The van der Waals surface area contributed by atoms with Crippen LogP contribution >= 0.6 is 11.8 Å². The Morgan fingerprint density at radius 3 is 1.01 bits per heavy atom. The minimum atomic E-state index is -4.66. The minimum Gasteiger partial charge on any atom is -0.469 e. The van der Waals surface area contributed by atoms with Gasteiger partial charge in [0.05, 0.1) is 43.0 Å². The second-order valence-electron chi connectivity index (χ2n) is 33.8. The van der Waals surface area contributed by atoms with Gasteiger partial charge in [0.15, 0.2) is 22.4 Å². The Hall–Kier alpha value is -2.77. The average molecular weight is 1500 g/mol. The van der Waals surface area contributed by atoms with Crippen molar-refractivity contribution in [2.45, 2.75) is 354 Å². The number of aliphatic hydroxyl groups is 4. The quantitative estimate of drug-likeness (QED) is 0.0650. The molecule has 101 heavy (non-hydrogen) atoms. The van der Waals surface area contributed by atoms with Crippen LogP contribution in [0.4, 0.5) is 52.7 Å². The number of methoxy groups -OCH3 is 3. The van der Waals surface area contributed by atoms with E-state index in [2.05, 4.69) is 14.2 Å². The van der Waals surface area contributed by atoms with E-state index in [4.69, 9.17) is 4.74 Å². The molecule has 0 aromatic heterocycles. The second-order valence-corrected chi connectivity index (χ2v) is 35.3. The highest BCUT2D eigenvalue weighted by Gasteiger charge is 2.65. The molecule has 0 aromatic carbocycles. The van der Waals surface area contributed by atoms with Crippen LogP contribution in [0.5, 0.6) is 0 Å². The van der Waals surface area contributed by atoms with Gasteiger partial charge in [-0.25, -0.2) is 0 Å². The predicted octanol–water partition coefficient (Wildman–Crippen LogP) is 20.4. The van der Waals surface area contributed by atoms with Gasteiger partial charge in [0, 0.05) is 16.4 Å². The van der Waals surface area contributed by atoms with Crippen molar-refractivity contribution in [3.63, 3.8) is 0 Å². The molecule has 4 N–H and O–H groups in total. The normalized spacial score (nSPS) is 29.2. The van der Waals surface area contributed by atoms with Crippen LogP contribution in [0.25, 0.3) is 0 Å². The molecule has 9 aliphatic rings. The molecule has 12 nitrogen and oxygen atoms in total. The van der Waals surface area contributed by atoms with Crippen molar-refractivity contribution in [2.75, 3.05) is 21.3 Å². The molecular weight excluding hydrogens is 1360 g/mol. The molecule has 9 rings (SSSR count). The van der Waals surface area contributed by atoms with Gasteiger partial charge in [0.1, 0.15) is 6.10 Å². The van der Waals surface area contributed by atoms with E-state index in [-0.39, 0.29) is 107 Å². The Balaban J connectivity index is 0.000000421. The largest absolute Gasteiger partial charge is 0.469 e. The number of thioether (sulfide) groups is 1. The molecule has 0 radical (unpaired) electrons. The molecule has 25 heteroatoms. The molecule has 2 heterocycles. The summed E-state index contributed by atoms with van der Waals surface area (Å²) in [5, 5.41) is 39.8. The third kappa shape index (κ3) is 26.8. The Bertz CT molecular complexity index is 2400. The third-order valence-corrected chi connectivity index (χ3v) is 26.1. The Kier molecular flexibility index (Phi) is 35.8. The Morgan fingerprint density at radius 2 is 0.723 bits per heavy atom. The zero-order valence-corrected chi connectivity index (χ0v) is 65.1. The molecule has 7 aliphatic carbocycles. The summed E-state index contributed by atoms with van der Waals surface area (Å²) in [6.45, 7) is 26.5. The molecule has 2 aliphatic heterocycles. The van der Waals surface area contributed by atoms with E-state index < -0.39 is 58.4 Å². The summed E-state index contributed by atoms with van der Waals surface area (Å²) >= 11 is 1.81. The number of alkyl halides is 12. The first kappa shape index (κ1) is 94.3. The number of rotatable bonds is 16. The highest BCUT2D eigenvalue weighted by atomic mass is 32.2. The first-order chi connectivity index (χ1) is 46.0. The fourth-order valence-electron chi connectivity index (χ4n) is 15.7. The first-order valence-corrected chi connectivity index (χ1v) is 38.2. The maximum Gasteiger partial charge on any atom is 0.417 e. The highest BCUT2D eigenvalue weighted by Crippen LogP contribution is 2.60. The summed E-state index contributed by atoms with van der Waals surface area (Å²) in [6.07, 6.45) is 3.96. The summed E-state index contributed by atoms with van der Waals surface area (Å²) < 4.78 is 174. The summed E-state index contributed by atoms with van der Waals surface area (Å²) in [5.41, 5.74) is -11.8. The molecule has 12 unspecified atom stereocenters. The molecule has 7 saturated carbocycles. The first-order valence-electron chi connectivity index (χ1n) is 37.2. The van der Waals surface area contributed by atoms with Gasteiger partial charge in [-0.3, -0.25) is 19.2 Å². The van der Waals surface area contributed by atoms with Crippen LogP contribution in [0.1, 0.15) is 291 Å². The van der Waals surface area contributed by atoms with Crippen molar-refractivity contribution in [3.05, 3.63) is 0 Å². The molecule has 12 atom stereocenters. The summed E-state index contributed by atoms with van der Waals surface area (Å²) in [6, 6.07) is 0. The predicted molar refractivity (Wildman–Crippen MR) is 370 cm³/mol. The number of hydrogen-bond donors (Lipinski definition) is 4. The van der Waals surface area contributed by atoms with Crippen LogP contribution in [0, 0.1) is 80.8 Å². The van der Waals surface area contributed by atoms with E-state index in [0.717, 1.165) is 156 Å². The van der Waals surface area contributed by atoms with Crippen molar-refractivity contribution in [2.24, 2.45) is 80.8 Å². The number of fused-ring (bicyclic) bond motifs is 7. The molecule has 4 bridgehead atoms. The second kappa shape index (κ2) is 38.3. The fourth-order valence-corrected chi connectivity index (χ4v) is 17.5. The van der Waals surface area contributed by atoms with Gasteiger partial charge in [-0.1, -0.05) is 98.3 Å². The number of carbonyl (C=O) groups excluding carboxylic acids is 4. The Morgan fingerprint density at radius 1 is 0.386 bits per heavy atom. The highest BCUT2D eigenvalue weighted by molar-refractivity contribution is 8.01. The van der Waals surface area contributed by atoms with Gasteiger partial charge in [-0.15, -0.1) is 0 Å². The lowest BCUT2D eigenvalue weighted by molar-refractivity contribution is -0.303. The molecule has 9 fully saturated rings. The molecule has 596 valence electrons. The van der Waals surface area contributed by atoms with E-state index in [1.54, 1.807) is 0 Å². The van der Waals surface area contributed by atoms with Crippen molar-refractivity contribution in [1.29, 1.82) is 0 Å². The van der Waals surface area contributed by atoms with Crippen LogP contribution in [0.2, 0.25) is 0 Å². The molecule has 2 saturated heterocycles. The maximum atomic E-state index is 13.9. The fraction of sp³-hybridized carbons (Fsp3) is 0.947. The van der Waals surface area contributed by atoms with E-state index in [9.17, 15) is 92.3 Å². The summed E-state index contributed by atoms with van der Waals surface area (Å²) in [4.78, 5) is 45.4. The van der Waals surface area contributed by atoms with Crippen LogP contribution in [0.15, 0.2) is 0 Å². The molecule has 0 amide bonds. The average Bonchev–Trinajstić information content (AvgIpc) is 1.51.